The lowest BCUT2D eigenvalue weighted by atomic mass is 10.0. The van der Waals surface area contributed by atoms with E-state index in [-0.39, 0.29) is 12.6 Å². The molecular weight excluding hydrogens is 188 g/mol. The van der Waals surface area contributed by atoms with E-state index in [1.165, 1.54) is 5.56 Å². The third kappa shape index (κ3) is 3.22. The first-order valence-electron chi connectivity index (χ1n) is 5.28. The van der Waals surface area contributed by atoms with Gasteiger partial charge in [0.1, 0.15) is 0 Å². The molecule has 0 radical (unpaired) electrons. The number of aliphatic hydroxyl groups excluding tert-OH is 1. The van der Waals surface area contributed by atoms with Crippen molar-refractivity contribution >= 4 is 5.69 Å². The molecule has 0 aliphatic heterocycles. The van der Waals surface area contributed by atoms with Gasteiger partial charge in [0.05, 0.1) is 12.6 Å². The van der Waals surface area contributed by atoms with E-state index in [4.69, 9.17) is 10.8 Å². The maximum absolute atomic E-state index is 9.06. The van der Waals surface area contributed by atoms with Gasteiger partial charge in [-0.25, -0.2) is 0 Å². The number of aliphatic hydroxyl groups is 1. The number of hydrogen-bond donors (Lipinski definition) is 3. The number of rotatable bonds is 4. The molecule has 0 unspecified atom stereocenters. The number of nitrogens with two attached hydrogens (primary N) is 1. The van der Waals surface area contributed by atoms with Gasteiger partial charge in [0.25, 0.3) is 0 Å². The fraction of sp³-hybridized carbons (Fsp3) is 0.500. The molecule has 15 heavy (non-hydrogen) atoms. The van der Waals surface area contributed by atoms with Crippen molar-refractivity contribution in [2.45, 2.75) is 32.9 Å². The van der Waals surface area contributed by atoms with Crippen LogP contribution >= 0.6 is 0 Å². The molecule has 1 atom stereocenters. The van der Waals surface area contributed by atoms with Crippen LogP contribution in [0, 0.1) is 6.92 Å². The molecule has 0 spiro atoms. The Morgan fingerprint density at radius 2 is 2.07 bits per heavy atom. The second-order valence-electron chi connectivity index (χ2n) is 4.18. The van der Waals surface area contributed by atoms with Crippen LogP contribution in [-0.4, -0.2) is 17.8 Å². The van der Waals surface area contributed by atoms with Crippen LogP contribution in [-0.2, 0) is 0 Å². The van der Waals surface area contributed by atoms with Gasteiger partial charge < -0.3 is 16.2 Å². The first-order valence-corrected chi connectivity index (χ1v) is 5.28. The highest BCUT2D eigenvalue weighted by Crippen LogP contribution is 2.23. The molecule has 3 nitrogen and oxygen atoms in total. The van der Waals surface area contributed by atoms with Crippen molar-refractivity contribution < 1.29 is 5.11 Å². The second-order valence-corrected chi connectivity index (χ2v) is 4.18. The van der Waals surface area contributed by atoms with Crippen LogP contribution in [0.4, 0.5) is 5.69 Å². The van der Waals surface area contributed by atoms with Crippen LogP contribution in [0.2, 0.25) is 0 Å². The Morgan fingerprint density at radius 1 is 1.40 bits per heavy atom. The van der Waals surface area contributed by atoms with Gasteiger partial charge in [-0.3, -0.25) is 0 Å². The summed E-state index contributed by atoms with van der Waals surface area (Å²) >= 11 is 0. The molecule has 0 aliphatic rings. The molecule has 0 bridgehead atoms. The Bertz CT molecular complexity index is 323. The molecule has 1 rings (SSSR count). The standard InChI is InChI=1S/C12H20N2O/c1-8(2)14-12-6-9(3)4-5-10(12)11(13)7-15/h4-6,8,11,14-15H,7,13H2,1-3H3/t11-/m1/s1. The third-order valence-corrected chi connectivity index (χ3v) is 2.25. The minimum atomic E-state index is -0.313. The Kier molecular flexibility index (Phi) is 4.12. The molecule has 0 saturated heterocycles. The first-order chi connectivity index (χ1) is 7.04. The van der Waals surface area contributed by atoms with Gasteiger partial charge in [0.2, 0.25) is 0 Å². The molecule has 0 aromatic heterocycles. The summed E-state index contributed by atoms with van der Waals surface area (Å²) < 4.78 is 0. The van der Waals surface area contributed by atoms with Crippen LogP contribution in [0.15, 0.2) is 18.2 Å². The van der Waals surface area contributed by atoms with Gasteiger partial charge in [-0.2, -0.15) is 0 Å². The number of aryl methyl sites for hydroxylation is 1. The summed E-state index contributed by atoms with van der Waals surface area (Å²) in [5, 5.41) is 12.4. The Labute approximate surface area is 91.3 Å². The molecule has 0 heterocycles. The number of hydrogen-bond acceptors (Lipinski definition) is 3. The van der Waals surface area contributed by atoms with Crippen molar-refractivity contribution in [3.63, 3.8) is 0 Å². The lowest BCUT2D eigenvalue weighted by molar-refractivity contribution is 0.268. The van der Waals surface area contributed by atoms with Gasteiger partial charge in [-0.15, -0.1) is 0 Å². The average Bonchev–Trinajstić information content (AvgIpc) is 2.16. The second kappa shape index (κ2) is 5.14. The van der Waals surface area contributed by atoms with Gasteiger partial charge in [0, 0.05) is 11.7 Å². The van der Waals surface area contributed by atoms with E-state index in [9.17, 15) is 0 Å². The molecule has 1 aromatic rings. The summed E-state index contributed by atoms with van der Waals surface area (Å²) in [6.07, 6.45) is 0. The topological polar surface area (TPSA) is 58.3 Å². The predicted octanol–water partition coefficient (Wildman–Crippen LogP) is 1.81. The van der Waals surface area contributed by atoms with Crippen LogP contribution < -0.4 is 11.1 Å². The highest BCUT2D eigenvalue weighted by Gasteiger charge is 2.10. The average molecular weight is 208 g/mol. The van der Waals surface area contributed by atoms with Crippen molar-refractivity contribution in [1.82, 2.24) is 0 Å². The highest BCUT2D eigenvalue weighted by molar-refractivity contribution is 5.55. The fourth-order valence-electron chi connectivity index (χ4n) is 1.53. The summed E-state index contributed by atoms with van der Waals surface area (Å²) in [5.41, 5.74) is 9.01. The molecule has 0 saturated carbocycles. The van der Waals surface area contributed by atoms with Gasteiger partial charge in [-0.1, -0.05) is 12.1 Å². The number of benzene rings is 1. The molecule has 0 aliphatic carbocycles. The zero-order chi connectivity index (χ0) is 11.4. The highest BCUT2D eigenvalue weighted by atomic mass is 16.3. The van der Waals surface area contributed by atoms with Crippen molar-refractivity contribution in [2.75, 3.05) is 11.9 Å². The minimum Gasteiger partial charge on any atom is -0.394 e. The van der Waals surface area contributed by atoms with E-state index in [0.717, 1.165) is 11.3 Å². The summed E-state index contributed by atoms with van der Waals surface area (Å²) in [6, 6.07) is 6.09. The number of anilines is 1. The van der Waals surface area contributed by atoms with E-state index in [1.807, 2.05) is 19.1 Å². The lowest BCUT2D eigenvalue weighted by Gasteiger charge is -2.18. The van der Waals surface area contributed by atoms with Crippen LogP contribution in [0.5, 0.6) is 0 Å². The molecule has 3 heteroatoms. The Balaban J connectivity index is 3.02. The summed E-state index contributed by atoms with van der Waals surface area (Å²) in [6.45, 7) is 6.17. The van der Waals surface area contributed by atoms with Gasteiger partial charge in [0.15, 0.2) is 0 Å². The fourth-order valence-corrected chi connectivity index (χ4v) is 1.53. The predicted molar refractivity (Wildman–Crippen MR) is 64.0 cm³/mol. The van der Waals surface area contributed by atoms with Crippen LogP contribution in [0.25, 0.3) is 0 Å². The smallest absolute Gasteiger partial charge is 0.0625 e. The van der Waals surface area contributed by atoms with Crippen molar-refractivity contribution in [2.24, 2.45) is 5.73 Å². The van der Waals surface area contributed by atoms with Gasteiger partial charge in [-0.05, 0) is 38.0 Å². The SMILES string of the molecule is Cc1ccc([C@H](N)CO)c(NC(C)C)c1. The maximum atomic E-state index is 9.06. The quantitative estimate of drug-likeness (QED) is 0.707. The van der Waals surface area contributed by atoms with E-state index < -0.39 is 0 Å². The summed E-state index contributed by atoms with van der Waals surface area (Å²) in [7, 11) is 0. The van der Waals surface area contributed by atoms with E-state index in [2.05, 4.69) is 25.2 Å². The third-order valence-electron chi connectivity index (χ3n) is 2.25. The Morgan fingerprint density at radius 3 is 2.60 bits per heavy atom. The summed E-state index contributed by atoms with van der Waals surface area (Å²) in [5.74, 6) is 0. The first kappa shape index (κ1) is 12.0. The molecule has 84 valence electrons. The van der Waals surface area contributed by atoms with Crippen LogP contribution in [0.3, 0.4) is 0 Å². The van der Waals surface area contributed by atoms with Gasteiger partial charge >= 0.3 is 0 Å². The zero-order valence-electron chi connectivity index (χ0n) is 9.62. The van der Waals surface area contributed by atoms with Crippen molar-refractivity contribution in [3.8, 4) is 0 Å². The van der Waals surface area contributed by atoms with Crippen molar-refractivity contribution in [3.05, 3.63) is 29.3 Å². The molecule has 0 amide bonds. The molecular formula is C12H20N2O. The van der Waals surface area contributed by atoms with E-state index >= 15 is 0 Å². The minimum absolute atomic E-state index is 0.0319. The monoisotopic (exact) mass is 208 g/mol. The molecule has 4 N–H and O–H groups in total. The lowest BCUT2D eigenvalue weighted by Crippen LogP contribution is -2.19. The van der Waals surface area contributed by atoms with E-state index in [1.54, 1.807) is 0 Å². The molecule has 1 aromatic carbocycles. The number of nitrogens with one attached hydrogen (secondary N) is 1. The zero-order valence-corrected chi connectivity index (χ0v) is 9.62. The Hall–Kier alpha value is -1.06. The summed E-state index contributed by atoms with van der Waals surface area (Å²) in [4.78, 5) is 0. The largest absolute Gasteiger partial charge is 0.394 e. The van der Waals surface area contributed by atoms with Crippen LogP contribution in [0.1, 0.15) is 31.0 Å². The van der Waals surface area contributed by atoms with Crippen molar-refractivity contribution in [1.29, 1.82) is 0 Å². The maximum Gasteiger partial charge on any atom is 0.0625 e. The molecule has 0 fully saturated rings. The normalized spacial score (nSPS) is 12.9. The van der Waals surface area contributed by atoms with E-state index in [0.29, 0.717) is 6.04 Å².